The third-order valence-electron chi connectivity index (χ3n) is 7.43. The van der Waals surface area contributed by atoms with Crippen molar-refractivity contribution in [2.24, 2.45) is 23.7 Å². The summed E-state index contributed by atoms with van der Waals surface area (Å²) in [5, 5.41) is 0. The van der Waals surface area contributed by atoms with Crippen LogP contribution in [0.4, 0.5) is 13.2 Å². The molecule has 0 saturated heterocycles. The zero-order valence-electron chi connectivity index (χ0n) is 17.9. The van der Waals surface area contributed by atoms with Gasteiger partial charge in [-0.15, -0.1) is 0 Å². The van der Waals surface area contributed by atoms with E-state index in [0.717, 1.165) is 36.3 Å². The Labute approximate surface area is 175 Å². The minimum absolute atomic E-state index is 0.579. The van der Waals surface area contributed by atoms with Gasteiger partial charge in [0.25, 0.3) is 0 Å². The second kappa shape index (κ2) is 11.2. The average Bonchev–Trinajstić information content (AvgIpc) is 2.74. The molecule has 29 heavy (non-hydrogen) atoms. The molecule has 0 radical (unpaired) electrons. The molecule has 1 aromatic carbocycles. The van der Waals surface area contributed by atoms with Crippen molar-refractivity contribution in [3.63, 3.8) is 0 Å². The number of allylic oxidation sites excluding steroid dienone is 2. The Morgan fingerprint density at radius 1 is 0.793 bits per heavy atom. The molecule has 0 spiro atoms. The van der Waals surface area contributed by atoms with Crippen molar-refractivity contribution in [2.75, 3.05) is 0 Å². The third-order valence-corrected chi connectivity index (χ3v) is 7.43. The predicted molar refractivity (Wildman–Crippen MR) is 114 cm³/mol. The number of halogens is 3. The molecule has 0 amide bonds. The van der Waals surface area contributed by atoms with Crippen molar-refractivity contribution < 1.29 is 13.2 Å². The summed E-state index contributed by atoms with van der Waals surface area (Å²) in [6.45, 7) is 2.23. The van der Waals surface area contributed by atoms with Crippen LogP contribution in [-0.2, 0) is 6.42 Å². The number of rotatable bonds is 8. The lowest BCUT2D eigenvalue weighted by Gasteiger charge is -2.37. The Kier molecular flexibility index (Phi) is 8.68. The molecular formula is C26H37F3. The SMILES string of the molecule is CCCC=CCC1CCC(C2CCC(CCc3cc(F)c(F)c(F)c3)CC2)CC1. The maximum atomic E-state index is 13.4. The lowest BCUT2D eigenvalue weighted by molar-refractivity contribution is 0.144. The van der Waals surface area contributed by atoms with Gasteiger partial charge in [-0.05, 0) is 106 Å². The van der Waals surface area contributed by atoms with Crippen LogP contribution in [0.1, 0.15) is 89.5 Å². The second-order valence-corrected chi connectivity index (χ2v) is 9.47. The number of unbranched alkanes of at least 4 members (excludes halogenated alkanes) is 1. The summed E-state index contributed by atoms with van der Waals surface area (Å²) < 4.78 is 39.8. The highest BCUT2D eigenvalue weighted by atomic mass is 19.2. The van der Waals surface area contributed by atoms with Crippen molar-refractivity contribution in [1.82, 2.24) is 0 Å². The van der Waals surface area contributed by atoms with Crippen molar-refractivity contribution in [3.05, 3.63) is 47.3 Å². The van der Waals surface area contributed by atoms with Gasteiger partial charge >= 0.3 is 0 Å². The van der Waals surface area contributed by atoms with Crippen LogP contribution in [0.2, 0.25) is 0 Å². The first-order chi connectivity index (χ1) is 14.1. The van der Waals surface area contributed by atoms with Crippen molar-refractivity contribution in [3.8, 4) is 0 Å². The molecule has 1 aromatic rings. The van der Waals surface area contributed by atoms with Crippen molar-refractivity contribution in [2.45, 2.75) is 90.4 Å². The van der Waals surface area contributed by atoms with Gasteiger partial charge in [-0.3, -0.25) is 0 Å². The molecule has 2 aliphatic rings. The van der Waals surface area contributed by atoms with Crippen molar-refractivity contribution >= 4 is 0 Å². The molecule has 0 atom stereocenters. The smallest absolute Gasteiger partial charge is 0.194 e. The highest BCUT2D eigenvalue weighted by Crippen LogP contribution is 2.42. The Balaban J connectivity index is 1.36. The van der Waals surface area contributed by atoms with Crippen LogP contribution in [0.5, 0.6) is 0 Å². The molecule has 2 aliphatic carbocycles. The molecule has 0 aliphatic heterocycles. The fraction of sp³-hybridized carbons (Fsp3) is 0.692. The maximum absolute atomic E-state index is 13.4. The normalized spacial score (nSPS) is 28.1. The minimum Gasteiger partial charge on any atom is -0.204 e. The Morgan fingerprint density at radius 2 is 1.34 bits per heavy atom. The fourth-order valence-corrected chi connectivity index (χ4v) is 5.54. The first-order valence-corrected chi connectivity index (χ1v) is 11.8. The summed E-state index contributed by atoms with van der Waals surface area (Å²) in [6, 6.07) is 2.31. The molecule has 0 unspecified atom stereocenters. The Morgan fingerprint density at radius 3 is 1.90 bits per heavy atom. The number of aryl methyl sites for hydroxylation is 1. The van der Waals surface area contributed by atoms with Crippen LogP contribution in [0.15, 0.2) is 24.3 Å². The molecule has 0 heterocycles. The van der Waals surface area contributed by atoms with Gasteiger partial charge in [-0.1, -0.05) is 38.3 Å². The summed E-state index contributed by atoms with van der Waals surface area (Å²) in [4.78, 5) is 0. The second-order valence-electron chi connectivity index (χ2n) is 9.47. The quantitative estimate of drug-likeness (QED) is 0.300. The standard InChI is InChI=1S/C26H37F3/c1-2-3-4-5-6-19-9-13-22(14-10-19)23-15-11-20(12-16-23)7-8-21-17-24(27)26(29)25(28)18-21/h4-5,17-20,22-23H,2-3,6-16H2,1H3. The van der Waals surface area contributed by atoms with Crippen molar-refractivity contribution in [1.29, 1.82) is 0 Å². The monoisotopic (exact) mass is 406 g/mol. The number of benzene rings is 1. The molecule has 0 N–H and O–H groups in total. The van der Waals surface area contributed by atoms with Crippen LogP contribution in [0.3, 0.4) is 0 Å². The number of hydrogen-bond donors (Lipinski definition) is 0. The van der Waals surface area contributed by atoms with E-state index in [-0.39, 0.29) is 0 Å². The van der Waals surface area contributed by atoms with Crippen LogP contribution >= 0.6 is 0 Å². The molecule has 0 nitrogen and oxygen atoms in total. The largest absolute Gasteiger partial charge is 0.204 e. The van der Waals surface area contributed by atoms with E-state index in [1.807, 2.05) is 0 Å². The zero-order chi connectivity index (χ0) is 20.6. The van der Waals surface area contributed by atoms with E-state index in [1.54, 1.807) is 0 Å². The van der Waals surface area contributed by atoms with Gasteiger partial charge in [0, 0.05) is 0 Å². The van der Waals surface area contributed by atoms with Crippen LogP contribution < -0.4 is 0 Å². The van der Waals surface area contributed by atoms with Crippen LogP contribution in [0.25, 0.3) is 0 Å². The Bertz CT molecular complexity index is 627. The topological polar surface area (TPSA) is 0 Å². The molecule has 162 valence electrons. The number of hydrogen-bond acceptors (Lipinski definition) is 0. The lowest BCUT2D eigenvalue weighted by Crippen LogP contribution is -2.26. The molecule has 3 heteroatoms. The van der Waals surface area contributed by atoms with E-state index < -0.39 is 17.5 Å². The van der Waals surface area contributed by atoms with Gasteiger partial charge in [0.1, 0.15) is 0 Å². The summed E-state index contributed by atoms with van der Waals surface area (Å²) in [5.74, 6) is -0.174. The van der Waals surface area contributed by atoms with E-state index in [1.165, 1.54) is 70.6 Å². The minimum atomic E-state index is -1.36. The Hall–Kier alpha value is -1.25. The lowest BCUT2D eigenvalue weighted by atomic mass is 9.68. The van der Waals surface area contributed by atoms with E-state index >= 15 is 0 Å². The first kappa shape index (κ1) is 22.4. The van der Waals surface area contributed by atoms with Gasteiger partial charge in [-0.2, -0.15) is 0 Å². The van der Waals surface area contributed by atoms with E-state index in [4.69, 9.17) is 0 Å². The van der Waals surface area contributed by atoms with Gasteiger partial charge in [0.05, 0.1) is 0 Å². The van der Waals surface area contributed by atoms with Gasteiger partial charge < -0.3 is 0 Å². The summed E-state index contributed by atoms with van der Waals surface area (Å²) in [6.07, 6.45) is 20.7. The molecule has 2 saturated carbocycles. The molecule has 0 aromatic heterocycles. The van der Waals surface area contributed by atoms with E-state index in [2.05, 4.69) is 19.1 Å². The fourth-order valence-electron chi connectivity index (χ4n) is 5.54. The van der Waals surface area contributed by atoms with E-state index in [9.17, 15) is 13.2 Å². The molecular weight excluding hydrogens is 369 g/mol. The van der Waals surface area contributed by atoms with Crippen LogP contribution in [-0.4, -0.2) is 0 Å². The average molecular weight is 407 g/mol. The molecule has 0 bridgehead atoms. The first-order valence-electron chi connectivity index (χ1n) is 11.8. The van der Waals surface area contributed by atoms with Crippen LogP contribution in [0, 0.1) is 41.1 Å². The molecule has 3 rings (SSSR count). The van der Waals surface area contributed by atoms with Gasteiger partial charge in [0.15, 0.2) is 17.5 Å². The molecule has 2 fully saturated rings. The third kappa shape index (κ3) is 6.62. The predicted octanol–water partition coefficient (Wildman–Crippen LogP) is 8.40. The maximum Gasteiger partial charge on any atom is 0.194 e. The summed E-state index contributed by atoms with van der Waals surface area (Å²) >= 11 is 0. The highest BCUT2D eigenvalue weighted by Gasteiger charge is 2.30. The highest BCUT2D eigenvalue weighted by molar-refractivity contribution is 5.19. The van der Waals surface area contributed by atoms with E-state index in [0.29, 0.717) is 17.9 Å². The summed E-state index contributed by atoms with van der Waals surface area (Å²) in [5.41, 5.74) is 0.579. The summed E-state index contributed by atoms with van der Waals surface area (Å²) in [7, 11) is 0. The zero-order valence-corrected chi connectivity index (χ0v) is 17.9. The van der Waals surface area contributed by atoms with Gasteiger partial charge in [0.2, 0.25) is 0 Å². The van der Waals surface area contributed by atoms with Gasteiger partial charge in [-0.25, -0.2) is 13.2 Å².